The van der Waals surface area contributed by atoms with Gasteiger partial charge in [0.15, 0.2) is 0 Å². The number of hydrogen-bond acceptors (Lipinski definition) is 4. The van der Waals surface area contributed by atoms with E-state index in [0.717, 1.165) is 37.1 Å². The van der Waals surface area contributed by atoms with Crippen molar-refractivity contribution in [2.75, 3.05) is 13.1 Å². The fraction of sp³-hybridized carbons (Fsp3) is 0.542. The van der Waals surface area contributed by atoms with Gasteiger partial charge in [0, 0.05) is 29.9 Å². The normalized spacial score (nSPS) is 16.8. The molecule has 0 saturated carbocycles. The van der Waals surface area contributed by atoms with Gasteiger partial charge in [-0.25, -0.2) is 0 Å². The molecule has 6 nitrogen and oxygen atoms in total. The lowest BCUT2D eigenvalue weighted by molar-refractivity contribution is -0.130. The summed E-state index contributed by atoms with van der Waals surface area (Å²) < 4.78 is 2.10. The first-order valence-corrected chi connectivity index (χ1v) is 10.9. The average Bonchev–Trinajstić information content (AvgIpc) is 3.38. The Balaban J connectivity index is 1.61. The molecule has 1 aliphatic rings. The van der Waals surface area contributed by atoms with Crippen LogP contribution in [0.4, 0.5) is 0 Å². The number of rotatable bonds is 8. The number of amides is 1. The van der Waals surface area contributed by atoms with Crippen LogP contribution in [0.25, 0.3) is 11.3 Å². The van der Waals surface area contributed by atoms with E-state index in [4.69, 9.17) is 5.10 Å². The van der Waals surface area contributed by atoms with Crippen LogP contribution >= 0.6 is 0 Å². The summed E-state index contributed by atoms with van der Waals surface area (Å²) in [5.41, 5.74) is 3.12. The number of benzene rings is 1. The SMILES string of the molecule is CC(C)c1cc(-c2ccccc2)nn1CCC(C)(C)NCC(=O)N1CCC[C@H]1C#N. The Labute approximate surface area is 179 Å². The molecular weight excluding hydrogens is 374 g/mol. The monoisotopic (exact) mass is 407 g/mol. The highest BCUT2D eigenvalue weighted by atomic mass is 16.2. The highest BCUT2D eigenvalue weighted by molar-refractivity contribution is 5.79. The van der Waals surface area contributed by atoms with Gasteiger partial charge < -0.3 is 10.2 Å². The van der Waals surface area contributed by atoms with Crippen LogP contribution in [0.3, 0.4) is 0 Å². The lowest BCUT2D eigenvalue weighted by Gasteiger charge is -2.28. The molecule has 1 fully saturated rings. The minimum Gasteiger partial charge on any atom is -0.326 e. The summed E-state index contributed by atoms with van der Waals surface area (Å²) >= 11 is 0. The first-order chi connectivity index (χ1) is 14.3. The van der Waals surface area contributed by atoms with E-state index in [0.29, 0.717) is 12.5 Å². The van der Waals surface area contributed by atoms with Crippen molar-refractivity contribution >= 4 is 5.91 Å². The van der Waals surface area contributed by atoms with Crippen LogP contribution in [-0.4, -0.2) is 45.3 Å². The predicted molar refractivity (Wildman–Crippen MR) is 119 cm³/mol. The number of hydrogen-bond donors (Lipinski definition) is 1. The van der Waals surface area contributed by atoms with Crippen molar-refractivity contribution in [1.82, 2.24) is 20.0 Å². The third kappa shape index (κ3) is 5.28. The summed E-state index contributed by atoms with van der Waals surface area (Å²) in [5, 5.41) is 17.5. The van der Waals surface area contributed by atoms with Crippen LogP contribution < -0.4 is 5.32 Å². The highest BCUT2D eigenvalue weighted by Crippen LogP contribution is 2.24. The molecule has 30 heavy (non-hydrogen) atoms. The zero-order valence-electron chi connectivity index (χ0n) is 18.6. The Morgan fingerprint density at radius 1 is 1.33 bits per heavy atom. The quantitative estimate of drug-likeness (QED) is 0.719. The molecule has 1 N–H and O–H groups in total. The van der Waals surface area contributed by atoms with Crippen LogP contribution in [0.2, 0.25) is 0 Å². The van der Waals surface area contributed by atoms with Crippen LogP contribution in [0.5, 0.6) is 0 Å². The second-order valence-electron chi connectivity index (χ2n) is 9.06. The largest absolute Gasteiger partial charge is 0.326 e. The highest BCUT2D eigenvalue weighted by Gasteiger charge is 2.29. The van der Waals surface area contributed by atoms with Crippen LogP contribution in [0.15, 0.2) is 36.4 Å². The van der Waals surface area contributed by atoms with Crippen molar-refractivity contribution in [3.05, 3.63) is 42.1 Å². The topological polar surface area (TPSA) is 74.0 Å². The molecule has 1 aromatic heterocycles. The maximum atomic E-state index is 12.5. The lowest BCUT2D eigenvalue weighted by Crippen LogP contribution is -2.48. The van der Waals surface area contributed by atoms with Crippen molar-refractivity contribution in [2.24, 2.45) is 0 Å². The number of nitrogens with one attached hydrogen (secondary N) is 1. The fourth-order valence-corrected chi connectivity index (χ4v) is 3.91. The number of nitriles is 1. The van der Waals surface area contributed by atoms with Crippen molar-refractivity contribution in [2.45, 2.75) is 71.0 Å². The number of aromatic nitrogens is 2. The molecule has 2 aromatic rings. The van der Waals surface area contributed by atoms with Gasteiger partial charge in [-0.1, -0.05) is 44.2 Å². The number of carbonyl (C=O) groups is 1. The lowest BCUT2D eigenvalue weighted by atomic mass is 10.0. The maximum Gasteiger partial charge on any atom is 0.237 e. The molecule has 6 heteroatoms. The first-order valence-electron chi connectivity index (χ1n) is 10.9. The van der Waals surface area contributed by atoms with E-state index in [1.807, 2.05) is 18.2 Å². The molecule has 160 valence electrons. The molecule has 3 rings (SSSR count). The van der Waals surface area contributed by atoms with Gasteiger partial charge in [-0.15, -0.1) is 0 Å². The Bertz CT molecular complexity index is 894. The van der Waals surface area contributed by atoms with E-state index in [1.165, 1.54) is 5.69 Å². The first kappa shape index (κ1) is 22.0. The van der Waals surface area contributed by atoms with Crippen molar-refractivity contribution in [3.63, 3.8) is 0 Å². The molecule has 1 aliphatic heterocycles. The van der Waals surface area contributed by atoms with Gasteiger partial charge in [-0.2, -0.15) is 10.4 Å². The van der Waals surface area contributed by atoms with Gasteiger partial charge in [-0.05, 0) is 45.1 Å². The second-order valence-corrected chi connectivity index (χ2v) is 9.06. The van der Waals surface area contributed by atoms with Crippen LogP contribution in [0.1, 0.15) is 58.6 Å². The van der Waals surface area contributed by atoms with Crippen molar-refractivity contribution in [1.29, 1.82) is 5.26 Å². The Hall–Kier alpha value is -2.65. The Morgan fingerprint density at radius 3 is 2.73 bits per heavy atom. The standard InChI is InChI=1S/C24H33N5O/c1-18(2)22-15-21(19-9-6-5-7-10-19)27-29(22)14-12-24(3,4)26-17-23(30)28-13-8-11-20(28)16-25/h5-7,9-10,15,18,20,26H,8,11-14,17H2,1-4H3/t20-/m0/s1. The van der Waals surface area contributed by atoms with E-state index >= 15 is 0 Å². The van der Waals surface area contributed by atoms with E-state index < -0.39 is 0 Å². The van der Waals surface area contributed by atoms with E-state index in [9.17, 15) is 10.1 Å². The molecular formula is C24H33N5O. The molecule has 1 aromatic carbocycles. The summed E-state index contributed by atoms with van der Waals surface area (Å²) in [5.74, 6) is 0.395. The third-order valence-corrected chi connectivity index (χ3v) is 5.86. The van der Waals surface area contributed by atoms with E-state index in [1.54, 1.807) is 4.90 Å². The molecule has 1 atom stereocenters. The molecule has 0 bridgehead atoms. The summed E-state index contributed by atoms with van der Waals surface area (Å²) in [6.07, 6.45) is 2.54. The fourth-order valence-electron chi connectivity index (χ4n) is 3.91. The number of carbonyl (C=O) groups excluding carboxylic acids is 1. The predicted octanol–water partition coefficient (Wildman–Crippen LogP) is 3.95. The zero-order valence-corrected chi connectivity index (χ0v) is 18.6. The summed E-state index contributed by atoms with van der Waals surface area (Å²) in [4.78, 5) is 14.2. The maximum absolute atomic E-state index is 12.5. The minimum absolute atomic E-state index is 0.0143. The Kier molecular flexibility index (Phi) is 6.94. The average molecular weight is 408 g/mol. The molecule has 0 unspecified atom stereocenters. The number of nitrogens with zero attached hydrogens (tertiary/aromatic N) is 4. The van der Waals surface area contributed by atoms with Crippen molar-refractivity contribution < 1.29 is 4.79 Å². The number of likely N-dealkylation sites (tertiary alicyclic amines) is 1. The summed E-state index contributed by atoms with van der Waals surface area (Å²) in [6, 6.07) is 14.4. The summed E-state index contributed by atoms with van der Waals surface area (Å²) in [7, 11) is 0. The van der Waals surface area contributed by atoms with Crippen LogP contribution in [0, 0.1) is 11.3 Å². The zero-order chi connectivity index (χ0) is 21.7. The smallest absolute Gasteiger partial charge is 0.237 e. The summed E-state index contributed by atoms with van der Waals surface area (Å²) in [6.45, 7) is 10.3. The van der Waals surface area contributed by atoms with Crippen LogP contribution in [-0.2, 0) is 11.3 Å². The van der Waals surface area contributed by atoms with Gasteiger partial charge in [0.1, 0.15) is 6.04 Å². The molecule has 0 spiro atoms. The molecule has 0 radical (unpaired) electrons. The third-order valence-electron chi connectivity index (χ3n) is 5.86. The van der Waals surface area contributed by atoms with Gasteiger partial charge in [0.25, 0.3) is 0 Å². The van der Waals surface area contributed by atoms with Gasteiger partial charge in [0.2, 0.25) is 5.91 Å². The molecule has 0 aliphatic carbocycles. The Morgan fingerprint density at radius 2 is 2.07 bits per heavy atom. The van der Waals surface area contributed by atoms with E-state index in [2.05, 4.69) is 62.0 Å². The molecule has 2 heterocycles. The van der Waals surface area contributed by atoms with Gasteiger partial charge in [-0.3, -0.25) is 9.48 Å². The molecule has 1 saturated heterocycles. The second kappa shape index (κ2) is 9.44. The van der Waals surface area contributed by atoms with Gasteiger partial charge in [0.05, 0.1) is 18.3 Å². The van der Waals surface area contributed by atoms with E-state index in [-0.39, 0.29) is 24.0 Å². The molecule has 1 amide bonds. The van der Waals surface area contributed by atoms with Crippen molar-refractivity contribution in [3.8, 4) is 17.3 Å². The number of aryl methyl sites for hydroxylation is 1. The van der Waals surface area contributed by atoms with Gasteiger partial charge >= 0.3 is 0 Å². The minimum atomic E-state index is -0.267.